The Morgan fingerprint density at radius 3 is 2.64 bits per heavy atom. The zero-order valence-electron chi connectivity index (χ0n) is 9.00. The Morgan fingerprint density at radius 1 is 1.43 bits per heavy atom. The Kier molecular flexibility index (Phi) is 3.69. The Hall–Kier alpha value is -1.31. The molecule has 76 valence electrons. The van der Waals surface area contributed by atoms with E-state index in [1.807, 2.05) is 19.1 Å². The number of hydrogen-bond acceptors (Lipinski definition) is 1. The molecule has 1 rings (SSSR count). The largest absolute Gasteiger partial charge is 0.354 e. The molecule has 0 saturated carbocycles. The van der Waals surface area contributed by atoms with Gasteiger partial charge in [0, 0.05) is 13.0 Å². The minimum atomic E-state index is 0.0334. The predicted octanol–water partition coefficient (Wildman–Crippen LogP) is 2.06. The molecule has 0 aliphatic heterocycles. The van der Waals surface area contributed by atoms with Crippen LogP contribution in [-0.4, -0.2) is 11.9 Å². The van der Waals surface area contributed by atoms with Crippen LogP contribution in [0.3, 0.4) is 0 Å². The summed E-state index contributed by atoms with van der Waals surface area (Å²) in [6, 6.07) is 8.46. The molecule has 1 atom stereocenters. The van der Waals surface area contributed by atoms with Crippen molar-refractivity contribution in [3.05, 3.63) is 35.4 Å². The van der Waals surface area contributed by atoms with Gasteiger partial charge in [0.05, 0.1) is 0 Å². The Bertz CT molecular complexity index is 320. The smallest absolute Gasteiger partial charge is 0.217 e. The number of aryl methyl sites for hydroxylation is 1. The highest BCUT2D eigenvalue weighted by Gasteiger charge is 2.05. The number of carbonyl (C=O) groups excluding carboxylic acids is 1. The first-order chi connectivity index (χ1) is 6.59. The molecule has 0 spiro atoms. The molecule has 0 bridgehead atoms. The van der Waals surface area contributed by atoms with Crippen molar-refractivity contribution in [2.24, 2.45) is 0 Å². The fraction of sp³-hybridized carbons (Fsp3) is 0.417. The van der Waals surface area contributed by atoms with Gasteiger partial charge in [-0.05, 0) is 31.4 Å². The van der Waals surface area contributed by atoms with Crippen molar-refractivity contribution in [3.8, 4) is 0 Å². The Labute approximate surface area is 85.3 Å². The van der Waals surface area contributed by atoms with Gasteiger partial charge >= 0.3 is 0 Å². The van der Waals surface area contributed by atoms with Crippen molar-refractivity contribution in [1.29, 1.82) is 0 Å². The lowest BCUT2D eigenvalue weighted by Crippen LogP contribution is -2.32. The second kappa shape index (κ2) is 4.80. The van der Waals surface area contributed by atoms with Gasteiger partial charge in [-0.2, -0.15) is 0 Å². The maximum absolute atomic E-state index is 10.8. The first-order valence-corrected chi connectivity index (χ1v) is 4.91. The summed E-state index contributed by atoms with van der Waals surface area (Å²) < 4.78 is 0. The number of carbonyl (C=O) groups is 1. The number of amides is 1. The Balaban J connectivity index is 2.60. The number of benzene rings is 1. The van der Waals surface area contributed by atoms with Crippen molar-refractivity contribution in [2.75, 3.05) is 0 Å². The molecular weight excluding hydrogens is 174 g/mol. The van der Waals surface area contributed by atoms with Crippen LogP contribution in [-0.2, 0) is 11.2 Å². The lowest BCUT2D eigenvalue weighted by molar-refractivity contribution is -0.119. The molecule has 1 amide bonds. The summed E-state index contributed by atoms with van der Waals surface area (Å²) in [6.07, 6.45) is 0.895. The van der Waals surface area contributed by atoms with Crippen molar-refractivity contribution in [3.63, 3.8) is 0 Å². The molecule has 2 heteroatoms. The van der Waals surface area contributed by atoms with Crippen molar-refractivity contribution >= 4 is 5.91 Å². The molecule has 14 heavy (non-hydrogen) atoms. The van der Waals surface area contributed by atoms with Gasteiger partial charge in [0.2, 0.25) is 5.91 Å². The molecule has 0 aliphatic carbocycles. The normalized spacial score (nSPS) is 12.2. The first-order valence-electron chi connectivity index (χ1n) is 4.91. The van der Waals surface area contributed by atoms with Crippen LogP contribution in [0, 0.1) is 6.92 Å². The summed E-state index contributed by atoms with van der Waals surface area (Å²) in [7, 11) is 0. The van der Waals surface area contributed by atoms with E-state index >= 15 is 0 Å². The van der Waals surface area contributed by atoms with E-state index < -0.39 is 0 Å². The van der Waals surface area contributed by atoms with Crippen LogP contribution in [0.1, 0.15) is 25.0 Å². The van der Waals surface area contributed by atoms with E-state index in [9.17, 15) is 4.79 Å². The van der Waals surface area contributed by atoms with Gasteiger partial charge in [-0.15, -0.1) is 0 Å². The lowest BCUT2D eigenvalue weighted by atomic mass is 10.0. The third kappa shape index (κ3) is 3.21. The quantitative estimate of drug-likeness (QED) is 0.778. The second-order valence-electron chi connectivity index (χ2n) is 3.73. The number of nitrogens with one attached hydrogen (secondary N) is 1. The van der Waals surface area contributed by atoms with E-state index in [4.69, 9.17) is 0 Å². The summed E-state index contributed by atoms with van der Waals surface area (Å²) in [6.45, 7) is 5.66. The predicted molar refractivity (Wildman–Crippen MR) is 58.2 cm³/mol. The van der Waals surface area contributed by atoms with Crippen LogP contribution in [0.25, 0.3) is 0 Å². The average Bonchev–Trinajstić information content (AvgIpc) is 2.07. The highest BCUT2D eigenvalue weighted by Crippen LogP contribution is 2.09. The van der Waals surface area contributed by atoms with Crippen LogP contribution in [0.5, 0.6) is 0 Å². The monoisotopic (exact) mass is 191 g/mol. The summed E-state index contributed by atoms with van der Waals surface area (Å²) in [4.78, 5) is 10.8. The first kappa shape index (κ1) is 10.8. The maximum Gasteiger partial charge on any atom is 0.217 e. The van der Waals surface area contributed by atoms with E-state index in [1.54, 1.807) is 6.92 Å². The molecular formula is C12H17NO. The lowest BCUT2D eigenvalue weighted by Gasteiger charge is -2.13. The van der Waals surface area contributed by atoms with E-state index in [2.05, 4.69) is 24.4 Å². The molecule has 0 saturated heterocycles. The summed E-state index contributed by atoms with van der Waals surface area (Å²) >= 11 is 0. The molecule has 0 fully saturated rings. The topological polar surface area (TPSA) is 29.1 Å². The van der Waals surface area contributed by atoms with Gasteiger partial charge in [0.15, 0.2) is 0 Å². The van der Waals surface area contributed by atoms with Gasteiger partial charge in [-0.1, -0.05) is 24.3 Å². The fourth-order valence-electron chi connectivity index (χ4n) is 1.57. The molecule has 0 aliphatic rings. The summed E-state index contributed by atoms with van der Waals surface area (Å²) in [5.74, 6) is 0.0334. The standard InChI is InChI=1S/C12H17NO/c1-9-6-4-5-7-12(9)8-10(2)13-11(3)14/h4-7,10H,8H2,1-3H3,(H,13,14). The fourth-order valence-corrected chi connectivity index (χ4v) is 1.57. The maximum atomic E-state index is 10.8. The molecule has 1 N–H and O–H groups in total. The highest BCUT2D eigenvalue weighted by atomic mass is 16.1. The minimum Gasteiger partial charge on any atom is -0.354 e. The summed E-state index contributed by atoms with van der Waals surface area (Å²) in [5.41, 5.74) is 2.58. The van der Waals surface area contributed by atoms with Crippen LogP contribution >= 0.6 is 0 Å². The van der Waals surface area contributed by atoms with Crippen molar-refractivity contribution < 1.29 is 4.79 Å². The van der Waals surface area contributed by atoms with E-state index in [1.165, 1.54) is 11.1 Å². The van der Waals surface area contributed by atoms with Gasteiger partial charge in [0.1, 0.15) is 0 Å². The van der Waals surface area contributed by atoms with Gasteiger partial charge in [0.25, 0.3) is 0 Å². The van der Waals surface area contributed by atoms with E-state index in [0.717, 1.165) is 6.42 Å². The zero-order valence-corrected chi connectivity index (χ0v) is 9.00. The molecule has 1 unspecified atom stereocenters. The minimum absolute atomic E-state index is 0.0334. The average molecular weight is 191 g/mol. The molecule has 1 aromatic carbocycles. The SMILES string of the molecule is CC(=O)NC(C)Cc1ccccc1C. The third-order valence-corrected chi connectivity index (χ3v) is 2.24. The van der Waals surface area contributed by atoms with Crippen molar-refractivity contribution in [2.45, 2.75) is 33.2 Å². The van der Waals surface area contributed by atoms with Gasteiger partial charge in [-0.25, -0.2) is 0 Å². The van der Waals surface area contributed by atoms with Gasteiger partial charge < -0.3 is 5.32 Å². The molecule has 0 radical (unpaired) electrons. The Morgan fingerprint density at radius 2 is 2.07 bits per heavy atom. The van der Waals surface area contributed by atoms with Crippen molar-refractivity contribution in [1.82, 2.24) is 5.32 Å². The van der Waals surface area contributed by atoms with E-state index in [0.29, 0.717) is 0 Å². The van der Waals surface area contributed by atoms with E-state index in [-0.39, 0.29) is 11.9 Å². The zero-order chi connectivity index (χ0) is 10.6. The number of hydrogen-bond donors (Lipinski definition) is 1. The molecule has 2 nitrogen and oxygen atoms in total. The number of rotatable bonds is 3. The van der Waals surface area contributed by atoms with Crippen LogP contribution in [0.15, 0.2) is 24.3 Å². The summed E-state index contributed by atoms with van der Waals surface area (Å²) in [5, 5.41) is 2.88. The molecule has 0 heterocycles. The molecule has 0 aromatic heterocycles. The second-order valence-corrected chi connectivity index (χ2v) is 3.73. The molecule has 1 aromatic rings. The van der Waals surface area contributed by atoms with Crippen LogP contribution in [0.2, 0.25) is 0 Å². The van der Waals surface area contributed by atoms with Crippen LogP contribution in [0.4, 0.5) is 0 Å². The van der Waals surface area contributed by atoms with Crippen LogP contribution < -0.4 is 5.32 Å². The highest BCUT2D eigenvalue weighted by molar-refractivity contribution is 5.73. The third-order valence-electron chi connectivity index (χ3n) is 2.24. The van der Waals surface area contributed by atoms with Gasteiger partial charge in [-0.3, -0.25) is 4.79 Å².